The molecule has 2 aromatic rings. The molecule has 88 valence electrons. The van der Waals surface area contributed by atoms with Crippen LogP contribution >= 0.6 is 12.6 Å². The van der Waals surface area contributed by atoms with Crippen molar-refractivity contribution in [1.29, 1.82) is 0 Å². The molecule has 0 bridgehead atoms. The number of benzene rings is 1. The van der Waals surface area contributed by atoms with Gasteiger partial charge in [0.2, 0.25) is 0 Å². The highest BCUT2D eigenvalue weighted by molar-refractivity contribution is 7.80. The van der Waals surface area contributed by atoms with Crippen molar-refractivity contribution in [2.75, 3.05) is 12.9 Å². The summed E-state index contributed by atoms with van der Waals surface area (Å²) in [4.78, 5) is 14.5. The van der Waals surface area contributed by atoms with Crippen LogP contribution in [0.15, 0.2) is 30.5 Å². The summed E-state index contributed by atoms with van der Waals surface area (Å²) >= 11 is 4.12. The minimum absolute atomic E-state index is 0.325. The summed E-state index contributed by atoms with van der Waals surface area (Å²) in [6.45, 7) is 0. The van der Waals surface area contributed by atoms with Crippen molar-refractivity contribution in [1.82, 2.24) is 4.98 Å². The normalized spacial score (nSPS) is 11.2. The second kappa shape index (κ2) is 5.10. The molecule has 3 nitrogen and oxygen atoms in total. The van der Waals surface area contributed by atoms with Crippen molar-refractivity contribution < 1.29 is 9.53 Å². The molecular weight excluding hydrogens is 234 g/mol. The molecule has 0 aliphatic carbocycles. The van der Waals surface area contributed by atoms with E-state index in [0.717, 1.165) is 16.5 Å². The van der Waals surface area contributed by atoms with Crippen molar-refractivity contribution in [2.24, 2.45) is 0 Å². The summed E-state index contributed by atoms with van der Waals surface area (Å²) in [5.74, 6) is 0.376. The molecule has 0 radical (unpaired) electrons. The SMILES string of the molecule is COC(=O)c1ccc2c(C=CCS)c[nH]c2c1. The zero-order valence-corrected chi connectivity index (χ0v) is 10.3. The van der Waals surface area contributed by atoms with E-state index >= 15 is 0 Å². The van der Waals surface area contributed by atoms with Crippen LogP contribution in [0.25, 0.3) is 17.0 Å². The third-order valence-electron chi connectivity index (χ3n) is 2.54. The largest absolute Gasteiger partial charge is 0.465 e. The molecule has 0 amide bonds. The van der Waals surface area contributed by atoms with E-state index < -0.39 is 0 Å². The van der Waals surface area contributed by atoms with Crippen LogP contribution < -0.4 is 0 Å². The minimum Gasteiger partial charge on any atom is -0.465 e. The number of fused-ring (bicyclic) bond motifs is 1. The number of hydrogen-bond acceptors (Lipinski definition) is 3. The van der Waals surface area contributed by atoms with Crippen LogP contribution in [0.4, 0.5) is 0 Å². The highest BCUT2D eigenvalue weighted by Crippen LogP contribution is 2.21. The van der Waals surface area contributed by atoms with E-state index in [2.05, 4.69) is 22.3 Å². The quantitative estimate of drug-likeness (QED) is 0.647. The monoisotopic (exact) mass is 247 g/mol. The maximum atomic E-state index is 11.4. The molecular formula is C13H13NO2S. The average molecular weight is 247 g/mol. The topological polar surface area (TPSA) is 42.1 Å². The Morgan fingerprint density at radius 1 is 1.53 bits per heavy atom. The summed E-state index contributed by atoms with van der Waals surface area (Å²) < 4.78 is 4.68. The lowest BCUT2D eigenvalue weighted by Gasteiger charge is -1.99. The van der Waals surface area contributed by atoms with Crippen LogP contribution in [-0.4, -0.2) is 23.8 Å². The van der Waals surface area contributed by atoms with Crippen molar-refractivity contribution in [3.63, 3.8) is 0 Å². The van der Waals surface area contributed by atoms with Gasteiger partial charge in [0.05, 0.1) is 12.7 Å². The van der Waals surface area contributed by atoms with Crippen molar-refractivity contribution >= 4 is 35.6 Å². The van der Waals surface area contributed by atoms with Gasteiger partial charge in [-0.1, -0.05) is 18.2 Å². The minimum atomic E-state index is -0.325. The van der Waals surface area contributed by atoms with E-state index in [0.29, 0.717) is 11.3 Å². The van der Waals surface area contributed by atoms with E-state index in [1.807, 2.05) is 24.4 Å². The second-order valence-electron chi connectivity index (χ2n) is 3.58. The third kappa shape index (κ3) is 2.36. The summed E-state index contributed by atoms with van der Waals surface area (Å²) in [5.41, 5.74) is 2.56. The van der Waals surface area contributed by atoms with Gasteiger partial charge in [-0.05, 0) is 17.7 Å². The number of ether oxygens (including phenoxy) is 1. The van der Waals surface area contributed by atoms with Gasteiger partial charge in [-0.3, -0.25) is 0 Å². The summed E-state index contributed by atoms with van der Waals surface area (Å²) in [7, 11) is 1.38. The summed E-state index contributed by atoms with van der Waals surface area (Å²) in [5, 5.41) is 1.08. The van der Waals surface area contributed by atoms with Gasteiger partial charge in [-0.15, -0.1) is 0 Å². The van der Waals surface area contributed by atoms with Crippen LogP contribution in [0.1, 0.15) is 15.9 Å². The molecule has 0 atom stereocenters. The Morgan fingerprint density at radius 3 is 3.06 bits per heavy atom. The molecule has 2 rings (SSSR count). The van der Waals surface area contributed by atoms with Crippen LogP contribution in [0.5, 0.6) is 0 Å². The fourth-order valence-electron chi connectivity index (χ4n) is 1.71. The molecule has 0 saturated carbocycles. The first-order chi connectivity index (χ1) is 8.26. The number of methoxy groups -OCH3 is 1. The lowest BCUT2D eigenvalue weighted by atomic mass is 10.1. The highest BCUT2D eigenvalue weighted by atomic mass is 32.1. The number of H-pyrrole nitrogens is 1. The number of carbonyl (C=O) groups is 1. The zero-order chi connectivity index (χ0) is 12.3. The number of aromatic nitrogens is 1. The molecule has 0 aliphatic rings. The number of aromatic amines is 1. The van der Waals surface area contributed by atoms with Gasteiger partial charge in [-0.25, -0.2) is 4.79 Å². The van der Waals surface area contributed by atoms with Gasteiger partial charge >= 0.3 is 5.97 Å². The van der Waals surface area contributed by atoms with Crippen LogP contribution in [-0.2, 0) is 4.74 Å². The smallest absolute Gasteiger partial charge is 0.337 e. The Kier molecular flexibility index (Phi) is 3.54. The fraction of sp³-hybridized carbons (Fsp3) is 0.154. The number of thiol groups is 1. The first-order valence-corrected chi connectivity index (χ1v) is 5.86. The van der Waals surface area contributed by atoms with Crippen molar-refractivity contribution in [3.8, 4) is 0 Å². The first-order valence-electron chi connectivity index (χ1n) is 5.23. The lowest BCUT2D eigenvalue weighted by Crippen LogP contribution is -2.00. The van der Waals surface area contributed by atoms with Crippen LogP contribution in [0, 0.1) is 0 Å². The highest BCUT2D eigenvalue weighted by Gasteiger charge is 2.07. The van der Waals surface area contributed by atoms with Crippen LogP contribution in [0.2, 0.25) is 0 Å². The maximum Gasteiger partial charge on any atom is 0.337 e. The average Bonchev–Trinajstić information content (AvgIpc) is 2.77. The first kappa shape index (κ1) is 11.8. The summed E-state index contributed by atoms with van der Waals surface area (Å²) in [6.07, 6.45) is 5.88. The van der Waals surface area contributed by atoms with Crippen molar-refractivity contribution in [2.45, 2.75) is 0 Å². The predicted molar refractivity (Wildman–Crippen MR) is 72.5 cm³/mol. The number of esters is 1. The molecule has 1 heterocycles. The molecule has 1 N–H and O–H groups in total. The molecule has 0 unspecified atom stereocenters. The second-order valence-corrected chi connectivity index (χ2v) is 3.95. The van der Waals surface area contributed by atoms with Gasteiger partial charge in [0.25, 0.3) is 0 Å². The lowest BCUT2D eigenvalue weighted by molar-refractivity contribution is 0.0601. The number of hydrogen-bond donors (Lipinski definition) is 2. The third-order valence-corrected chi connectivity index (χ3v) is 2.75. The maximum absolute atomic E-state index is 11.4. The van der Waals surface area contributed by atoms with Gasteiger partial charge in [-0.2, -0.15) is 12.6 Å². The van der Waals surface area contributed by atoms with E-state index in [1.165, 1.54) is 7.11 Å². The fourth-order valence-corrected chi connectivity index (χ4v) is 1.82. The standard InChI is InChI=1S/C13H13NO2S/c1-16-13(15)9-4-5-11-10(3-2-6-17)8-14-12(11)7-9/h2-5,7-8,14,17H,6H2,1H3. The van der Waals surface area contributed by atoms with E-state index in [9.17, 15) is 4.79 Å². The van der Waals surface area contributed by atoms with E-state index in [-0.39, 0.29) is 5.97 Å². The molecule has 4 heteroatoms. The Labute approximate surface area is 105 Å². The number of rotatable bonds is 3. The Bertz CT molecular complexity index is 572. The molecule has 0 aliphatic heterocycles. The Hall–Kier alpha value is -1.68. The van der Waals surface area contributed by atoms with E-state index in [4.69, 9.17) is 0 Å². The Balaban J connectivity index is 2.44. The van der Waals surface area contributed by atoms with Crippen LogP contribution in [0.3, 0.4) is 0 Å². The summed E-state index contributed by atoms with van der Waals surface area (Å²) in [6, 6.07) is 5.47. The molecule has 0 fully saturated rings. The van der Waals surface area contributed by atoms with Gasteiger partial charge in [0.1, 0.15) is 0 Å². The van der Waals surface area contributed by atoms with Gasteiger partial charge in [0.15, 0.2) is 0 Å². The molecule has 0 spiro atoms. The number of carbonyl (C=O) groups excluding carboxylic acids is 1. The number of nitrogens with one attached hydrogen (secondary N) is 1. The molecule has 1 aromatic carbocycles. The molecule has 0 saturated heterocycles. The predicted octanol–water partition coefficient (Wildman–Crippen LogP) is 2.90. The van der Waals surface area contributed by atoms with E-state index in [1.54, 1.807) is 12.1 Å². The van der Waals surface area contributed by atoms with Gasteiger partial charge < -0.3 is 9.72 Å². The van der Waals surface area contributed by atoms with Crippen molar-refractivity contribution in [3.05, 3.63) is 41.6 Å². The zero-order valence-electron chi connectivity index (χ0n) is 9.43. The van der Waals surface area contributed by atoms with Gasteiger partial charge in [0, 0.05) is 22.9 Å². The molecule has 1 aromatic heterocycles. The Morgan fingerprint density at radius 2 is 2.35 bits per heavy atom. The molecule has 17 heavy (non-hydrogen) atoms.